The highest BCUT2D eigenvalue weighted by Gasteiger charge is 2.31. The Morgan fingerprint density at radius 2 is 1.67 bits per heavy atom. The third kappa shape index (κ3) is 8.16. The second kappa shape index (κ2) is 12.9. The number of ether oxygens (including phenoxy) is 1. The average Bonchev–Trinajstić information content (AvgIpc) is 2.80. The smallest absolute Gasteiger partial charge is 0.244 e. The number of nitrogens with one attached hydrogen (secondary N) is 1. The van der Waals surface area contributed by atoms with Crippen LogP contribution in [0.4, 0.5) is 5.69 Å². The number of halogens is 3. The van der Waals surface area contributed by atoms with Crippen LogP contribution in [0.1, 0.15) is 26.3 Å². The van der Waals surface area contributed by atoms with Crippen molar-refractivity contribution in [3.63, 3.8) is 0 Å². The van der Waals surface area contributed by atoms with Crippen LogP contribution in [0, 0.1) is 5.92 Å². The van der Waals surface area contributed by atoms with Gasteiger partial charge in [0.1, 0.15) is 18.3 Å². The van der Waals surface area contributed by atoms with Gasteiger partial charge in [-0.3, -0.25) is 13.9 Å². The molecule has 2 aromatic carbocycles. The molecule has 0 bridgehead atoms. The van der Waals surface area contributed by atoms with E-state index in [1.807, 2.05) is 13.8 Å². The van der Waals surface area contributed by atoms with Crippen LogP contribution in [-0.4, -0.2) is 57.6 Å². The fourth-order valence-electron chi connectivity index (χ4n) is 3.30. The third-order valence-corrected chi connectivity index (χ3v) is 7.43. The number of rotatable bonds is 11. The molecule has 2 amide bonds. The summed E-state index contributed by atoms with van der Waals surface area (Å²) in [7, 11) is -2.45. The Kier molecular flexibility index (Phi) is 10.7. The Bertz CT molecular complexity index is 1210. The van der Waals surface area contributed by atoms with Gasteiger partial charge < -0.3 is 15.0 Å². The Labute approximate surface area is 227 Å². The van der Waals surface area contributed by atoms with Crippen molar-refractivity contribution in [2.45, 2.75) is 33.4 Å². The quantitative estimate of drug-likeness (QED) is 0.393. The van der Waals surface area contributed by atoms with Gasteiger partial charge in [-0.15, -0.1) is 0 Å². The maximum atomic E-state index is 13.6. The summed E-state index contributed by atoms with van der Waals surface area (Å²) in [6.45, 7) is 5.36. The zero-order valence-electron chi connectivity index (χ0n) is 20.7. The first kappa shape index (κ1) is 30.0. The van der Waals surface area contributed by atoms with Crippen LogP contribution >= 0.6 is 34.8 Å². The Balaban J connectivity index is 2.45. The molecule has 0 fully saturated rings. The normalized spacial score (nSPS) is 12.2. The van der Waals surface area contributed by atoms with Crippen LogP contribution in [0.15, 0.2) is 36.4 Å². The van der Waals surface area contributed by atoms with Crippen molar-refractivity contribution in [1.29, 1.82) is 0 Å². The first-order chi connectivity index (χ1) is 16.7. The van der Waals surface area contributed by atoms with E-state index in [9.17, 15) is 18.0 Å². The maximum absolute atomic E-state index is 13.6. The highest BCUT2D eigenvalue weighted by atomic mass is 35.5. The molecule has 8 nitrogen and oxygen atoms in total. The lowest BCUT2D eigenvalue weighted by Crippen LogP contribution is -2.51. The number of carbonyl (C=O) groups excluding carboxylic acids is 2. The SMILES string of the molecule is COc1cccc(CN(C(=O)CN(c2cc(Cl)c(Cl)cc2Cl)S(C)(=O)=O)C(C)C(=O)NCC(C)C)c1. The Morgan fingerprint density at radius 3 is 2.25 bits per heavy atom. The molecule has 0 radical (unpaired) electrons. The van der Waals surface area contributed by atoms with Crippen LogP contribution in [0.3, 0.4) is 0 Å². The molecule has 0 saturated heterocycles. The monoisotopic (exact) mass is 577 g/mol. The largest absolute Gasteiger partial charge is 0.497 e. The molecule has 0 aliphatic carbocycles. The van der Waals surface area contributed by atoms with Crippen molar-refractivity contribution in [2.75, 3.05) is 30.8 Å². The molecule has 0 aromatic heterocycles. The minimum absolute atomic E-state index is 0.000148. The molecule has 0 aliphatic rings. The summed E-state index contributed by atoms with van der Waals surface area (Å²) in [6.07, 6.45) is 0.949. The van der Waals surface area contributed by atoms with Crippen LogP contribution in [0.2, 0.25) is 15.1 Å². The predicted octanol–water partition coefficient (Wildman–Crippen LogP) is 4.61. The van der Waals surface area contributed by atoms with Crippen LogP contribution < -0.4 is 14.4 Å². The number of hydrogen-bond acceptors (Lipinski definition) is 5. The number of benzene rings is 2. The fraction of sp³-hybridized carbons (Fsp3) is 0.417. The molecule has 0 heterocycles. The minimum atomic E-state index is -3.97. The summed E-state index contributed by atoms with van der Waals surface area (Å²) in [5.41, 5.74) is 0.699. The van der Waals surface area contributed by atoms with E-state index in [-0.39, 0.29) is 39.1 Å². The lowest BCUT2D eigenvalue weighted by atomic mass is 10.1. The lowest BCUT2D eigenvalue weighted by molar-refractivity contribution is -0.139. The first-order valence-corrected chi connectivity index (χ1v) is 14.0. The van der Waals surface area contributed by atoms with Crippen molar-refractivity contribution in [1.82, 2.24) is 10.2 Å². The molecule has 2 rings (SSSR count). The average molecular weight is 579 g/mol. The van der Waals surface area contributed by atoms with Crippen molar-refractivity contribution in [3.8, 4) is 5.75 Å². The zero-order chi connectivity index (χ0) is 27.2. The molecular formula is C24H30Cl3N3O5S. The van der Waals surface area contributed by atoms with E-state index in [0.717, 1.165) is 10.6 Å². The van der Waals surface area contributed by atoms with Gasteiger partial charge in [0, 0.05) is 13.1 Å². The first-order valence-electron chi connectivity index (χ1n) is 11.1. The van der Waals surface area contributed by atoms with E-state index < -0.39 is 28.5 Å². The third-order valence-electron chi connectivity index (χ3n) is 5.28. The summed E-state index contributed by atoms with van der Waals surface area (Å²) < 4.78 is 31.5. The van der Waals surface area contributed by atoms with Crippen LogP contribution in [-0.2, 0) is 26.2 Å². The molecule has 1 N–H and O–H groups in total. The number of amides is 2. The number of hydrogen-bond donors (Lipinski definition) is 1. The van der Waals surface area contributed by atoms with E-state index in [2.05, 4.69) is 5.32 Å². The fourth-order valence-corrected chi connectivity index (χ4v) is 4.85. The summed E-state index contributed by atoms with van der Waals surface area (Å²) in [4.78, 5) is 27.8. The van der Waals surface area contributed by atoms with Crippen LogP contribution in [0.25, 0.3) is 0 Å². The van der Waals surface area contributed by atoms with Gasteiger partial charge in [0.05, 0.1) is 34.1 Å². The molecule has 2 aromatic rings. The van der Waals surface area contributed by atoms with Gasteiger partial charge in [0.15, 0.2) is 0 Å². The zero-order valence-corrected chi connectivity index (χ0v) is 23.8. The summed E-state index contributed by atoms with van der Waals surface area (Å²) in [5, 5.41) is 3.04. The van der Waals surface area contributed by atoms with Crippen LogP contribution in [0.5, 0.6) is 5.75 Å². The summed E-state index contributed by atoms with van der Waals surface area (Å²) >= 11 is 18.3. The summed E-state index contributed by atoms with van der Waals surface area (Å²) in [6, 6.07) is 8.73. The number of nitrogens with zero attached hydrogens (tertiary/aromatic N) is 2. The van der Waals surface area contributed by atoms with E-state index >= 15 is 0 Å². The van der Waals surface area contributed by atoms with Crippen molar-refractivity contribution >= 4 is 62.3 Å². The highest BCUT2D eigenvalue weighted by molar-refractivity contribution is 7.92. The number of methoxy groups -OCH3 is 1. The van der Waals surface area contributed by atoms with E-state index in [0.29, 0.717) is 17.9 Å². The van der Waals surface area contributed by atoms with Gasteiger partial charge in [-0.25, -0.2) is 8.42 Å². The van der Waals surface area contributed by atoms with E-state index in [4.69, 9.17) is 39.5 Å². The summed E-state index contributed by atoms with van der Waals surface area (Å²) in [5.74, 6) is -0.186. The molecule has 12 heteroatoms. The molecular weight excluding hydrogens is 549 g/mol. The van der Waals surface area contributed by atoms with Crippen molar-refractivity contribution in [2.24, 2.45) is 5.92 Å². The van der Waals surface area contributed by atoms with Gasteiger partial charge in [0.2, 0.25) is 21.8 Å². The maximum Gasteiger partial charge on any atom is 0.244 e. The van der Waals surface area contributed by atoms with Gasteiger partial charge in [-0.1, -0.05) is 60.8 Å². The Hall–Kier alpha value is -2.20. The lowest BCUT2D eigenvalue weighted by Gasteiger charge is -2.32. The predicted molar refractivity (Wildman–Crippen MR) is 145 cm³/mol. The molecule has 0 aliphatic heterocycles. The van der Waals surface area contributed by atoms with Crippen molar-refractivity contribution < 1.29 is 22.7 Å². The van der Waals surface area contributed by atoms with Gasteiger partial charge in [0.25, 0.3) is 0 Å². The molecule has 36 heavy (non-hydrogen) atoms. The second-order valence-electron chi connectivity index (χ2n) is 8.68. The second-order valence-corrected chi connectivity index (χ2v) is 11.8. The topological polar surface area (TPSA) is 96.0 Å². The van der Waals surface area contributed by atoms with Crippen molar-refractivity contribution in [3.05, 3.63) is 57.0 Å². The molecule has 0 saturated carbocycles. The number of sulfonamides is 1. The minimum Gasteiger partial charge on any atom is -0.497 e. The van der Waals surface area contributed by atoms with Gasteiger partial charge in [-0.2, -0.15) is 0 Å². The Morgan fingerprint density at radius 1 is 1.03 bits per heavy atom. The van der Waals surface area contributed by atoms with E-state index in [1.165, 1.54) is 24.1 Å². The molecule has 198 valence electrons. The molecule has 0 spiro atoms. The number of anilines is 1. The molecule has 1 unspecified atom stereocenters. The van der Waals surface area contributed by atoms with Gasteiger partial charge in [-0.05, 0) is 42.7 Å². The highest BCUT2D eigenvalue weighted by Crippen LogP contribution is 2.35. The number of carbonyl (C=O) groups is 2. The van der Waals surface area contributed by atoms with E-state index in [1.54, 1.807) is 31.2 Å². The standard InChI is InChI=1S/C24H30Cl3N3O5S/c1-15(2)12-28-24(32)16(3)29(13-17-7-6-8-18(9-17)35-4)23(31)14-30(36(5,33)34)22-11-20(26)19(25)10-21(22)27/h6-11,15-16H,12-14H2,1-5H3,(H,28,32). The van der Waals surface area contributed by atoms with Gasteiger partial charge >= 0.3 is 0 Å². The molecule has 1 atom stereocenters.